The van der Waals surface area contributed by atoms with Gasteiger partial charge < -0.3 is 5.32 Å². The zero-order valence-corrected chi connectivity index (χ0v) is 13.9. The maximum Gasteiger partial charge on any atom is 0.416 e. The lowest BCUT2D eigenvalue weighted by atomic mass is 10.1. The molecule has 0 unspecified atom stereocenters. The van der Waals surface area contributed by atoms with Crippen LogP contribution >= 0.6 is 0 Å². The number of benzene rings is 2. The molecule has 7 heteroatoms. The van der Waals surface area contributed by atoms with E-state index in [2.05, 4.69) is 20.3 Å². The Morgan fingerprint density at radius 2 is 1.63 bits per heavy atom. The molecule has 4 aromatic rings. The summed E-state index contributed by atoms with van der Waals surface area (Å²) in [6.45, 7) is 0. The lowest BCUT2D eigenvalue weighted by molar-refractivity contribution is -0.137. The van der Waals surface area contributed by atoms with Crippen LogP contribution in [0.1, 0.15) is 5.56 Å². The Bertz CT molecular complexity index is 1080. The molecule has 0 fully saturated rings. The molecule has 0 spiro atoms. The summed E-state index contributed by atoms with van der Waals surface area (Å²) in [5.74, 6) is 0.521. The molecule has 4 rings (SSSR count). The molecule has 1 N–H and O–H groups in total. The highest BCUT2D eigenvalue weighted by molar-refractivity contribution is 5.93. The van der Waals surface area contributed by atoms with Crippen molar-refractivity contribution in [3.63, 3.8) is 0 Å². The van der Waals surface area contributed by atoms with Crippen molar-refractivity contribution in [1.29, 1.82) is 0 Å². The maximum absolute atomic E-state index is 12.7. The second kappa shape index (κ2) is 6.68. The van der Waals surface area contributed by atoms with E-state index in [1.165, 1.54) is 18.5 Å². The molecule has 0 bridgehead atoms. The van der Waals surface area contributed by atoms with Crippen molar-refractivity contribution < 1.29 is 13.2 Å². The van der Waals surface area contributed by atoms with Gasteiger partial charge in [-0.3, -0.25) is 4.98 Å². The minimum Gasteiger partial charge on any atom is -0.340 e. The van der Waals surface area contributed by atoms with Crippen LogP contribution in [-0.4, -0.2) is 15.0 Å². The lowest BCUT2D eigenvalue weighted by Gasteiger charge is -2.11. The van der Waals surface area contributed by atoms with Gasteiger partial charge in [0.1, 0.15) is 12.1 Å². The van der Waals surface area contributed by atoms with Gasteiger partial charge in [0, 0.05) is 22.8 Å². The highest BCUT2D eigenvalue weighted by atomic mass is 19.4. The van der Waals surface area contributed by atoms with E-state index in [-0.39, 0.29) is 0 Å². The van der Waals surface area contributed by atoms with E-state index in [4.69, 9.17) is 0 Å². The van der Waals surface area contributed by atoms with Crippen LogP contribution in [0, 0.1) is 0 Å². The smallest absolute Gasteiger partial charge is 0.340 e. The highest BCUT2D eigenvalue weighted by Crippen LogP contribution is 2.31. The van der Waals surface area contributed by atoms with Crippen LogP contribution in [0.25, 0.3) is 22.2 Å². The van der Waals surface area contributed by atoms with Crippen molar-refractivity contribution in [2.45, 2.75) is 6.18 Å². The van der Waals surface area contributed by atoms with E-state index in [1.807, 2.05) is 36.4 Å². The fourth-order valence-electron chi connectivity index (χ4n) is 2.73. The number of hydrogen-bond donors (Lipinski definition) is 1. The van der Waals surface area contributed by atoms with Crippen molar-refractivity contribution in [1.82, 2.24) is 15.0 Å². The molecule has 0 atom stereocenters. The summed E-state index contributed by atoms with van der Waals surface area (Å²) >= 11 is 0. The lowest BCUT2D eigenvalue weighted by Crippen LogP contribution is -2.04. The van der Waals surface area contributed by atoms with Crippen molar-refractivity contribution in [3.8, 4) is 11.3 Å². The third-order valence-corrected chi connectivity index (χ3v) is 4.07. The molecule has 0 amide bonds. The van der Waals surface area contributed by atoms with E-state index >= 15 is 0 Å². The third kappa shape index (κ3) is 3.57. The van der Waals surface area contributed by atoms with Crippen LogP contribution in [0.4, 0.5) is 24.7 Å². The number of hydrogen-bond acceptors (Lipinski definition) is 4. The topological polar surface area (TPSA) is 50.7 Å². The fourth-order valence-corrected chi connectivity index (χ4v) is 2.73. The first kappa shape index (κ1) is 17.0. The van der Waals surface area contributed by atoms with Gasteiger partial charge >= 0.3 is 6.18 Å². The molecule has 134 valence electrons. The van der Waals surface area contributed by atoms with Gasteiger partial charge in [-0.15, -0.1) is 0 Å². The monoisotopic (exact) mass is 366 g/mol. The molecule has 0 saturated heterocycles. The number of rotatable bonds is 3. The molecule has 27 heavy (non-hydrogen) atoms. The fraction of sp³-hybridized carbons (Fsp3) is 0.0500. The predicted molar refractivity (Wildman–Crippen MR) is 97.5 cm³/mol. The van der Waals surface area contributed by atoms with Gasteiger partial charge in [-0.25, -0.2) is 9.97 Å². The van der Waals surface area contributed by atoms with Gasteiger partial charge in [0.25, 0.3) is 0 Å². The van der Waals surface area contributed by atoms with Crippen molar-refractivity contribution in [2.75, 3.05) is 5.32 Å². The Hall–Kier alpha value is -3.48. The van der Waals surface area contributed by atoms with E-state index in [0.29, 0.717) is 17.0 Å². The maximum atomic E-state index is 12.7. The summed E-state index contributed by atoms with van der Waals surface area (Å²) < 4.78 is 38.1. The standard InChI is InChI=1S/C20H13F3N4/c21-20(22,23)14-5-7-15(8-6-14)27-19-16-9-4-13(11-18(16)25-12-26-19)17-3-1-2-10-24-17/h1-12H,(H,25,26,27). The van der Waals surface area contributed by atoms with Crippen LogP contribution in [0.3, 0.4) is 0 Å². The third-order valence-electron chi connectivity index (χ3n) is 4.07. The normalized spacial score (nSPS) is 11.5. The Morgan fingerprint density at radius 3 is 2.33 bits per heavy atom. The summed E-state index contributed by atoms with van der Waals surface area (Å²) in [5, 5.41) is 3.81. The molecular formula is C20H13F3N4. The number of nitrogens with one attached hydrogen (secondary N) is 1. The summed E-state index contributed by atoms with van der Waals surface area (Å²) in [6.07, 6.45) is -1.23. The Kier molecular flexibility index (Phi) is 4.19. The molecule has 0 radical (unpaired) electrons. The minimum atomic E-state index is -4.36. The molecule has 2 heterocycles. The van der Waals surface area contributed by atoms with Crippen LogP contribution in [0.5, 0.6) is 0 Å². The van der Waals surface area contributed by atoms with E-state index in [0.717, 1.165) is 28.8 Å². The second-order valence-electron chi connectivity index (χ2n) is 5.87. The average Bonchev–Trinajstić information content (AvgIpc) is 2.68. The number of anilines is 2. The van der Waals surface area contributed by atoms with Gasteiger partial charge in [-0.05, 0) is 48.5 Å². The molecular weight excluding hydrogens is 353 g/mol. The molecule has 0 aliphatic rings. The van der Waals surface area contributed by atoms with Crippen LogP contribution in [-0.2, 0) is 6.18 Å². The minimum absolute atomic E-state index is 0.511. The first-order valence-electron chi connectivity index (χ1n) is 8.11. The van der Waals surface area contributed by atoms with Crippen LogP contribution in [0.2, 0.25) is 0 Å². The van der Waals surface area contributed by atoms with Crippen LogP contribution in [0.15, 0.2) is 73.2 Å². The Labute approximate surface area is 152 Å². The Balaban J connectivity index is 1.66. The van der Waals surface area contributed by atoms with Crippen molar-refractivity contribution >= 4 is 22.4 Å². The number of halogens is 3. The number of aromatic nitrogens is 3. The zero-order valence-electron chi connectivity index (χ0n) is 13.9. The molecule has 2 aromatic heterocycles. The van der Waals surface area contributed by atoms with Gasteiger partial charge in [-0.1, -0.05) is 12.1 Å². The first-order chi connectivity index (χ1) is 13.0. The van der Waals surface area contributed by atoms with Crippen molar-refractivity contribution in [2.24, 2.45) is 0 Å². The molecule has 2 aromatic carbocycles. The Morgan fingerprint density at radius 1 is 0.815 bits per heavy atom. The highest BCUT2D eigenvalue weighted by Gasteiger charge is 2.29. The van der Waals surface area contributed by atoms with Gasteiger partial charge in [0.2, 0.25) is 0 Å². The summed E-state index contributed by atoms with van der Waals surface area (Å²) in [7, 11) is 0. The zero-order chi connectivity index (χ0) is 18.9. The number of pyridine rings is 1. The summed E-state index contributed by atoms with van der Waals surface area (Å²) in [4.78, 5) is 12.8. The molecule has 0 aliphatic heterocycles. The quantitative estimate of drug-likeness (QED) is 0.523. The molecule has 0 saturated carbocycles. The molecule has 4 nitrogen and oxygen atoms in total. The van der Waals surface area contributed by atoms with Crippen molar-refractivity contribution in [3.05, 3.63) is 78.8 Å². The number of fused-ring (bicyclic) bond motifs is 1. The van der Waals surface area contributed by atoms with Gasteiger partial charge in [0.15, 0.2) is 0 Å². The van der Waals surface area contributed by atoms with E-state index in [9.17, 15) is 13.2 Å². The SMILES string of the molecule is FC(F)(F)c1ccc(Nc2ncnc3cc(-c4ccccn4)ccc23)cc1. The predicted octanol–water partition coefficient (Wildman–Crippen LogP) is 5.45. The largest absolute Gasteiger partial charge is 0.416 e. The van der Waals surface area contributed by atoms with E-state index in [1.54, 1.807) is 6.20 Å². The first-order valence-corrected chi connectivity index (χ1v) is 8.11. The van der Waals surface area contributed by atoms with E-state index < -0.39 is 11.7 Å². The van der Waals surface area contributed by atoms with Gasteiger partial charge in [-0.2, -0.15) is 13.2 Å². The van der Waals surface area contributed by atoms with Gasteiger partial charge in [0.05, 0.1) is 16.8 Å². The summed E-state index contributed by atoms with van der Waals surface area (Å²) in [5.41, 5.74) is 2.28. The number of nitrogens with zero attached hydrogens (tertiary/aromatic N) is 3. The average molecular weight is 366 g/mol. The van der Waals surface area contributed by atoms with Crippen LogP contribution < -0.4 is 5.32 Å². The molecule has 0 aliphatic carbocycles. The summed E-state index contributed by atoms with van der Waals surface area (Å²) in [6, 6.07) is 16.1. The number of alkyl halides is 3. The second-order valence-corrected chi connectivity index (χ2v) is 5.87.